The van der Waals surface area contributed by atoms with E-state index in [0.717, 1.165) is 5.56 Å². The minimum absolute atomic E-state index is 0.0461. The molecule has 0 bridgehead atoms. The standard InChI is InChI=1S/C12H13N3O/c13-11-9-12(16)15(14-11)8-4-7-10-5-2-1-3-6-10/h1-7H,8-9H2,(H2,13,14). The van der Waals surface area contributed by atoms with E-state index in [4.69, 9.17) is 5.73 Å². The number of hydrazone groups is 1. The van der Waals surface area contributed by atoms with Gasteiger partial charge >= 0.3 is 0 Å². The molecule has 1 aliphatic heterocycles. The zero-order valence-corrected chi connectivity index (χ0v) is 8.84. The lowest BCUT2D eigenvalue weighted by molar-refractivity contribution is -0.128. The Morgan fingerprint density at radius 3 is 2.75 bits per heavy atom. The predicted molar refractivity (Wildman–Crippen MR) is 63.4 cm³/mol. The third kappa shape index (κ3) is 2.48. The highest BCUT2D eigenvalue weighted by Gasteiger charge is 2.19. The van der Waals surface area contributed by atoms with Crippen molar-refractivity contribution >= 4 is 17.8 Å². The van der Waals surface area contributed by atoms with Crippen LogP contribution in [-0.4, -0.2) is 23.3 Å². The molecule has 0 unspecified atom stereocenters. The minimum atomic E-state index is -0.0461. The molecular weight excluding hydrogens is 202 g/mol. The molecular formula is C12H13N3O. The summed E-state index contributed by atoms with van der Waals surface area (Å²) in [6.45, 7) is 0.467. The van der Waals surface area contributed by atoms with Gasteiger partial charge in [0.05, 0.1) is 13.0 Å². The van der Waals surface area contributed by atoms with Gasteiger partial charge < -0.3 is 5.73 Å². The topological polar surface area (TPSA) is 58.7 Å². The van der Waals surface area contributed by atoms with Crippen LogP contribution in [0.25, 0.3) is 6.08 Å². The number of nitrogens with zero attached hydrogens (tertiary/aromatic N) is 2. The van der Waals surface area contributed by atoms with Gasteiger partial charge in [0, 0.05) is 0 Å². The van der Waals surface area contributed by atoms with Crippen molar-refractivity contribution in [1.82, 2.24) is 5.01 Å². The Morgan fingerprint density at radius 1 is 1.38 bits per heavy atom. The molecule has 0 radical (unpaired) electrons. The monoisotopic (exact) mass is 215 g/mol. The zero-order valence-electron chi connectivity index (χ0n) is 8.84. The number of benzene rings is 1. The summed E-state index contributed by atoms with van der Waals surface area (Å²) in [6.07, 6.45) is 4.09. The van der Waals surface area contributed by atoms with E-state index in [1.54, 1.807) is 0 Å². The summed E-state index contributed by atoms with van der Waals surface area (Å²) in [7, 11) is 0. The van der Waals surface area contributed by atoms with Gasteiger partial charge in [0.1, 0.15) is 5.84 Å². The summed E-state index contributed by atoms with van der Waals surface area (Å²) >= 11 is 0. The number of amidine groups is 1. The van der Waals surface area contributed by atoms with E-state index < -0.39 is 0 Å². The molecule has 1 amide bonds. The van der Waals surface area contributed by atoms with E-state index in [0.29, 0.717) is 12.4 Å². The summed E-state index contributed by atoms with van der Waals surface area (Å²) in [6, 6.07) is 9.90. The second-order valence-electron chi connectivity index (χ2n) is 3.56. The molecule has 1 heterocycles. The largest absolute Gasteiger partial charge is 0.385 e. The smallest absolute Gasteiger partial charge is 0.250 e. The number of amides is 1. The third-order valence-electron chi connectivity index (χ3n) is 2.26. The minimum Gasteiger partial charge on any atom is -0.385 e. The van der Waals surface area contributed by atoms with Crippen molar-refractivity contribution in [3.63, 3.8) is 0 Å². The predicted octanol–water partition coefficient (Wildman–Crippen LogP) is 1.20. The maximum atomic E-state index is 11.3. The molecule has 0 atom stereocenters. The Bertz CT molecular complexity index is 437. The highest BCUT2D eigenvalue weighted by Crippen LogP contribution is 2.06. The van der Waals surface area contributed by atoms with Crippen molar-refractivity contribution in [3.8, 4) is 0 Å². The van der Waals surface area contributed by atoms with Crippen molar-refractivity contribution in [2.75, 3.05) is 6.54 Å². The summed E-state index contributed by atoms with van der Waals surface area (Å²) < 4.78 is 0. The van der Waals surface area contributed by atoms with E-state index in [-0.39, 0.29) is 12.3 Å². The van der Waals surface area contributed by atoms with Crippen molar-refractivity contribution < 1.29 is 4.79 Å². The fraction of sp³-hybridized carbons (Fsp3) is 0.167. The molecule has 82 valence electrons. The van der Waals surface area contributed by atoms with Crippen LogP contribution in [-0.2, 0) is 4.79 Å². The number of carbonyl (C=O) groups excluding carboxylic acids is 1. The Kier molecular flexibility index (Phi) is 3.00. The SMILES string of the molecule is NC1=NN(CC=Cc2ccccc2)C(=O)C1. The summed E-state index contributed by atoms with van der Waals surface area (Å²) in [4.78, 5) is 11.3. The lowest BCUT2D eigenvalue weighted by Crippen LogP contribution is -2.20. The Hall–Kier alpha value is -2.10. The molecule has 1 aliphatic rings. The first-order valence-electron chi connectivity index (χ1n) is 5.10. The second-order valence-corrected chi connectivity index (χ2v) is 3.56. The second kappa shape index (κ2) is 4.61. The van der Waals surface area contributed by atoms with Crippen LogP contribution in [0.3, 0.4) is 0 Å². The van der Waals surface area contributed by atoms with Crippen LogP contribution in [0.2, 0.25) is 0 Å². The molecule has 4 heteroatoms. The first-order valence-corrected chi connectivity index (χ1v) is 5.10. The normalized spacial score (nSPS) is 15.9. The quantitative estimate of drug-likeness (QED) is 0.823. The highest BCUT2D eigenvalue weighted by atomic mass is 16.2. The average Bonchev–Trinajstić information content (AvgIpc) is 2.59. The molecule has 16 heavy (non-hydrogen) atoms. The van der Waals surface area contributed by atoms with Gasteiger partial charge in [-0.05, 0) is 5.56 Å². The maximum absolute atomic E-state index is 11.3. The Labute approximate surface area is 94.1 Å². The van der Waals surface area contributed by atoms with Crippen LogP contribution in [0.5, 0.6) is 0 Å². The van der Waals surface area contributed by atoms with E-state index in [2.05, 4.69) is 5.10 Å². The fourth-order valence-electron chi connectivity index (χ4n) is 1.49. The number of rotatable bonds is 3. The average molecular weight is 215 g/mol. The van der Waals surface area contributed by atoms with Gasteiger partial charge in [0.2, 0.25) is 0 Å². The van der Waals surface area contributed by atoms with Gasteiger partial charge in [0.15, 0.2) is 0 Å². The highest BCUT2D eigenvalue weighted by molar-refractivity contribution is 6.03. The molecule has 0 aliphatic carbocycles. The Morgan fingerprint density at radius 2 is 2.12 bits per heavy atom. The van der Waals surface area contributed by atoms with Crippen LogP contribution in [0.15, 0.2) is 41.5 Å². The summed E-state index contributed by atoms with van der Waals surface area (Å²) in [5.41, 5.74) is 6.56. The number of hydrogen-bond acceptors (Lipinski definition) is 3. The van der Waals surface area contributed by atoms with Crippen LogP contribution in [0.4, 0.5) is 0 Å². The van der Waals surface area contributed by atoms with Gasteiger partial charge in [0.25, 0.3) is 5.91 Å². The molecule has 0 fully saturated rings. The van der Waals surface area contributed by atoms with Gasteiger partial charge in [-0.25, -0.2) is 5.01 Å². The summed E-state index contributed by atoms with van der Waals surface area (Å²) in [5.74, 6) is 0.341. The molecule has 4 nitrogen and oxygen atoms in total. The van der Waals surface area contributed by atoms with Gasteiger partial charge in [-0.1, -0.05) is 42.5 Å². The third-order valence-corrected chi connectivity index (χ3v) is 2.26. The molecule has 1 aromatic carbocycles. The van der Waals surface area contributed by atoms with Crippen LogP contribution in [0.1, 0.15) is 12.0 Å². The number of hydrogen-bond donors (Lipinski definition) is 1. The van der Waals surface area contributed by atoms with Gasteiger partial charge in [-0.2, -0.15) is 5.10 Å². The number of nitrogens with two attached hydrogens (primary N) is 1. The molecule has 0 spiro atoms. The first-order chi connectivity index (χ1) is 7.75. The van der Waals surface area contributed by atoms with E-state index in [1.807, 2.05) is 42.5 Å². The van der Waals surface area contributed by atoms with E-state index in [9.17, 15) is 4.79 Å². The van der Waals surface area contributed by atoms with Crippen molar-refractivity contribution in [3.05, 3.63) is 42.0 Å². The van der Waals surface area contributed by atoms with Gasteiger partial charge in [-0.15, -0.1) is 0 Å². The lowest BCUT2D eigenvalue weighted by Gasteiger charge is -2.06. The number of carbonyl (C=O) groups is 1. The molecule has 1 aromatic rings. The first kappa shape index (κ1) is 10.4. The lowest BCUT2D eigenvalue weighted by atomic mass is 10.2. The van der Waals surface area contributed by atoms with Crippen molar-refractivity contribution in [2.24, 2.45) is 10.8 Å². The summed E-state index contributed by atoms with van der Waals surface area (Å²) in [5, 5.41) is 5.31. The molecule has 2 rings (SSSR count). The maximum Gasteiger partial charge on any atom is 0.250 e. The van der Waals surface area contributed by atoms with E-state index >= 15 is 0 Å². The fourth-order valence-corrected chi connectivity index (χ4v) is 1.49. The van der Waals surface area contributed by atoms with Crippen LogP contribution < -0.4 is 5.73 Å². The molecule has 2 N–H and O–H groups in total. The molecule has 0 saturated carbocycles. The van der Waals surface area contributed by atoms with Gasteiger partial charge in [-0.3, -0.25) is 4.79 Å². The molecule has 0 aromatic heterocycles. The van der Waals surface area contributed by atoms with Crippen LogP contribution >= 0.6 is 0 Å². The zero-order chi connectivity index (χ0) is 11.4. The van der Waals surface area contributed by atoms with Crippen LogP contribution in [0, 0.1) is 0 Å². The van der Waals surface area contributed by atoms with Crippen molar-refractivity contribution in [2.45, 2.75) is 6.42 Å². The molecule has 0 saturated heterocycles. The van der Waals surface area contributed by atoms with Crippen molar-refractivity contribution in [1.29, 1.82) is 0 Å². The Balaban J connectivity index is 1.93. The van der Waals surface area contributed by atoms with E-state index in [1.165, 1.54) is 5.01 Å².